The molecule has 0 radical (unpaired) electrons. The van der Waals surface area contributed by atoms with Gasteiger partial charge in [-0.15, -0.1) is 0 Å². The molecule has 3 heteroatoms. The quantitative estimate of drug-likeness (QED) is 0.456. The third-order valence-corrected chi connectivity index (χ3v) is 1.58. The zero-order valence-corrected chi connectivity index (χ0v) is 5.29. The second-order valence-corrected chi connectivity index (χ2v) is 2.23. The monoisotopic (exact) mass is 124 g/mol. The van der Waals surface area contributed by atoms with Crippen molar-refractivity contribution in [1.82, 2.24) is 4.90 Å². The maximum absolute atomic E-state index is 10.8. The fourth-order valence-electron chi connectivity index (χ4n) is 0.942. The maximum Gasteiger partial charge on any atom is 0.239 e. The maximum atomic E-state index is 10.8. The Kier molecular flexibility index (Phi) is 1.39. The van der Waals surface area contributed by atoms with Gasteiger partial charge in [0.2, 0.25) is 5.91 Å². The molecule has 0 spiro atoms. The summed E-state index contributed by atoms with van der Waals surface area (Å²) in [6, 6.07) is 1.95. The molecule has 48 valence electrons. The highest BCUT2D eigenvalue weighted by Crippen LogP contribution is 2.13. The third kappa shape index (κ3) is 0.879. The highest BCUT2D eigenvalue weighted by atomic mass is 16.2. The summed E-state index contributed by atoms with van der Waals surface area (Å²) < 4.78 is 0. The summed E-state index contributed by atoms with van der Waals surface area (Å²) in [4.78, 5) is 12.4. The summed E-state index contributed by atoms with van der Waals surface area (Å²) in [6.45, 7) is 0.733. The van der Waals surface area contributed by atoms with Gasteiger partial charge in [-0.25, -0.2) is 0 Å². The van der Waals surface area contributed by atoms with Crippen LogP contribution in [0.4, 0.5) is 0 Å². The molecule has 0 aliphatic carbocycles. The van der Waals surface area contributed by atoms with Crippen molar-refractivity contribution >= 4 is 5.91 Å². The first kappa shape index (κ1) is 6.09. The van der Waals surface area contributed by atoms with Crippen molar-refractivity contribution in [3.63, 3.8) is 0 Å². The Hall–Kier alpha value is -1.04. The molecule has 1 aliphatic heterocycles. The highest BCUT2D eigenvalue weighted by molar-refractivity contribution is 5.82. The molecule has 0 N–H and O–H groups in total. The van der Waals surface area contributed by atoms with Crippen LogP contribution in [0.2, 0.25) is 0 Å². The van der Waals surface area contributed by atoms with Gasteiger partial charge in [0.15, 0.2) is 0 Å². The molecule has 1 fully saturated rings. The summed E-state index contributed by atoms with van der Waals surface area (Å²) in [6.07, 6.45) is 0.700. The van der Waals surface area contributed by atoms with Gasteiger partial charge < -0.3 is 4.90 Å². The van der Waals surface area contributed by atoms with Crippen molar-refractivity contribution in [2.75, 3.05) is 13.6 Å². The van der Waals surface area contributed by atoms with Crippen molar-refractivity contribution < 1.29 is 4.79 Å². The standard InChI is InChI=1S/C6H8N2O/c1-8-3-2-5(4-7)6(8)9/h5H,2-3H2,1H3. The molecule has 3 nitrogen and oxygen atoms in total. The molecule has 0 bridgehead atoms. The first-order chi connectivity index (χ1) is 4.25. The van der Waals surface area contributed by atoms with Crippen LogP contribution >= 0.6 is 0 Å². The van der Waals surface area contributed by atoms with E-state index in [1.54, 1.807) is 11.9 Å². The summed E-state index contributed by atoms with van der Waals surface area (Å²) in [5, 5.41) is 8.36. The summed E-state index contributed by atoms with van der Waals surface area (Å²) in [5.74, 6) is -0.396. The lowest BCUT2D eigenvalue weighted by atomic mass is 10.1. The van der Waals surface area contributed by atoms with Crippen LogP contribution in [0.25, 0.3) is 0 Å². The average Bonchev–Trinajstić information content (AvgIpc) is 2.15. The summed E-state index contributed by atoms with van der Waals surface area (Å²) >= 11 is 0. The summed E-state index contributed by atoms with van der Waals surface area (Å²) in [7, 11) is 1.72. The minimum absolute atomic E-state index is 0.0301. The van der Waals surface area contributed by atoms with Crippen molar-refractivity contribution in [1.29, 1.82) is 5.26 Å². The van der Waals surface area contributed by atoms with Gasteiger partial charge in [-0.3, -0.25) is 4.79 Å². The molecule has 1 unspecified atom stereocenters. The first-order valence-corrected chi connectivity index (χ1v) is 2.90. The molecule has 1 saturated heterocycles. The number of nitrogens with zero attached hydrogens (tertiary/aromatic N) is 2. The van der Waals surface area contributed by atoms with Crippen LogP contribution in [-0.4, -0.2) is 24.4 Å². The highest BCUT2D eigenvalue weighted by Gasteiger charge is 2.28. The SMILES string of the molecule is CN1CCC(C#N)C1=O. The number of carbonyl (C=O) groups excluding carboxylic acids is 1. The molecule has 0 aromatic heterocycles. The Morgan fingerprint density at radius 3 is 2.78 bits per heavy atom. The van der Waals surface area contributed by atoms with Crippen LogP contribution < -0.4 is 0 Å². The van der Waals surface area contributed by atoms with E-state index in [2.05, 4.69) is 0 Å². The van der Waals surface area contributed by atoms with Crippen LogP contribution in [0.5, 0.6) is 0 Å². The van der Waals surface area contributed by atoms with E-state index in [1.807, 2.05) is 6.07 Å². The number of nitriles is 1. The van der Waals surface area contributed by atoms with Crippen LogP contribution in [0.1, 0.15) is 6.42 Å². The van der Waals surface area contributed by atoms with Gasteiger partial charge in [0, 0.05) is 13.6 Å². The minimum atomic E-state index is -0.366. The van der Waals surface area contributed by atoms with Crippen molar-refractivity contribution in [3.05, 3.63) is 0 Å². The minimum Gasteiger partial charge on any atom is -0.345 e. The van der Waals surface area contributed by atoms with E-state index < -0.39 is 0 Å². The van der Waals surface area contributed by atoms with Crippen molar-refractivity contribution in [3.8, 4) is 6.07 Å². The van der Waals surface area contributed by atoms with E-state index in [0.717, 1.165) is 6.54 Å². The fraction of sp³-hybridized carbons (Fsp3) is 0.667. The number of likely N-dealkylation sites (tertiary alicyclic amines) is 1. The zero-order valence-electron chi connectivity index (χ0n) is 5.29. The number of carbonyl (C=O) groups is 1. The van der Waals surface area contributed by atoms with Gasteiger partial charge in [0.1, 0.15) is 5.92 Å². The predicted octanol–water partition coefficient (Wildman–Crippen LogP) is -0.0117. The van der Waals surface area contributed by atoms with Crippen LogP contribution in [0.3, 0.4) is 0 Å². The Morgan fingerprint density at radius 2 is 2.56 bits per heavy atom. The first-order valence-electron chi connectivity index (χ1n) is 2.90. The number of amides is 1. The van der Waals surface area contributed by atoms with E-state index in [4.69, 9.17) is 5.26 Å². The topological polar surface area (TPSA) is 44.1 Å². The van der Waals surface area contributed by atoms with Gasteiger partial charge >= 0.3 is 0 Å². The molecule has 0 saturated carbocycles. The smallest absolute Gasteiger partial charge is 0.239 e. The van der Waals surface area contributed by atoms with Gasteiger partial charge in [-0.05, 0) is 6.42 Å². The van der Waals surface area contributed by atoms with Crippen LogP contribution in [0, 0.1) is 17.2 Å². The normalized spacial score (nSPS) is 26.4. The predicted molar refractivity (Wildman–Crippen MR) is 31.4 cm³/mol. The molecular weight excluding hydrogens is 116 g/mol. The van der Waals surface area contributed by atoms with E-state index >= 15 is 0 Å². The van der Waals surface area contributed by atoms with Gasteiger partial charge in [-0.1, -0.05) is 0 Å². The molecule has 1 amide bonds. The second-order valence-electron chi connectivity index (χ2n) is 2.23. The Labute approximate surface area is 53.9 Å². The fourth-order valence-corrected chi connectivity index (χ4v) is 0.942. The van der Waals surface area contributed by atoms with E-state index in [1.165, 1.54) is 0 Å². The molecule has 1 heterocycles. The number of hydrogen-bond acceptors (Lipinski definition) is 2. The van der Waals surface area contributed by atoms with E-state index in [-0.39, 0.29) is 11.8 Å². The van der Waals surface area contributed by atoms with Crippen LogP contribution in [0.15, 0.2) is 0 Å². The number of hydrogen-bond donors (Lipinski definition) is 0. The molecular formula is C6H8N2O. The molecule has 1 aliphatic rings. The Morgan fingerprint density at radius 1 is 1.89 bits per heavy atom. The lowest BCUT2D eigenvalue weighted by Crippen LogP contribution is -2.21. The van der Waals surface area contributed by atoms with Crippen molar-refractivity contribution in [2.45, 2.75) is 6.42 Å². The lowest BCUT2D eigenvalue weighted by Gasteiger charge is -2.04. The average molecular weight is 124 g/mol. The van der Waals surface area contributed by atoms with Gasteiger partial charge in [0.05, 0.1) is 6.07 Å². The van der Waals surface area contributed by atoms with E-state index in [0.29, 0.717) is 6.42 Å². The number of rotatable bonds is 0. The summed E-state index contributed by atoms with van der Waals surface area (Å²) in [5.41, 5.74) is 0. The third-order valence-electron chi connectivity index (χ3n) is 1.58. The Balaban J connectivity index is 2.65. The second kappa shape index (κ2) is 2.06. The van der Waals surface area contributed by atoms with Crippen molar-refractivity contribution in [2.24, 2.45) is 5.92 Å². The molecule has 1 rings (SSSR count). The zero-order chi connectivity index (χ0) is 6.85. The Bertz CT molecular complexity index is 170. The van der Waals surface area contributed by atoms with Crippen LogP contribution in [-0.2, 0) is 4.79 Å². The van der Waals surface area contributed by atoms with Gasteiger partial charge in [-0.2, -0.15) is 5.26 Å². The van der Waals surface area contributed by atoms with E-state index in [9.17, 15) is 4.79 Å². The molecule has 1 atom stereocenters. The molecule has 0 aromatic rings. The largest absolute Gasteiger partial charge is 0.345 e. The molecule has 0 aromatic carbocycles. The molecule has 9 heavy (non-hydrogen) atoms. The lowest BCUT2D eigenvalue weighted by molar-refractivity contribution is -0.128. The van der Waals surface area contributed by atoms with Gasteiger partial charge in [0.25, 0.3) is 0 Å².